The van der Waals surface area contributed by atoms with Crippen molar-refractivity contribution < 1.29 is 0 Å². The summed E-state index contributed by atoms with van der Waals surface area (Å²) in [6.07, 6.45) is 1.89. The maximum atomic E-state index is 4.66. The summed E-state index contributed by atoms with van der Waals surface area (Å²) in [5.74, 6) is 1.02. The minimum Gasteiger partial charge on any atom is -0.323 e. The van der Waals surface area contributed by atoms with Crippen molar-refractivity contribution >= 4 is 22.3 Å². The molecule has 0 aliphatic carbocycles. The van der Waals surface area contributed by atoms with E-state index in [9.17, 15) is 0 Å². The summed E-state index contributed by atoms with van der Waals surface area (Å²) in [6, 6.07) is 19.4. The second kappa shape index (κ2) is 5.57. The molecule has 0 aliphatic heterocycles. The van der Waals surface area contributed by atoms with Gasteiger partial charge in [-0.15, -0.1) is 0 Å². The summed E-state index contributed by atoms with van der Waals surface area (Å²) in [5.41, 5.74) is 2.45. The van der Waals surface area contributed by atoms with Gasteiger partial charge in [-0.3, -0.25) is 0 Å². The van der Waals surface area contributed by atoms with Crippen molar-refractivity contribution in [3.8, 4) is 0 Å². The lowest BCUT2D eigenvalue weighted by Crippen LogP contribution is -2.26. The third-order valence-electron chi connectivity index (χ3n) is 3.68. The molecule has 2 aromatic carbocycles. The topological polar surface area (TPSA) is 16.1 Å². The largest absolute Gasteiger partial charge is 0.323 e. The lowest BCUT2D eigenvalue weighted by molar-refractivity contribution is 0.780. The van der Waals surface area contributed by atoms with Crippen molar-refractivity contribution in [3.05, 3.63) is 66.4 Å². The number of aryl methyl sites for hydroxylation is 1. The number of hydrogen-bond acceptors (Lipinski definition) is 2. The number of nitrogens with zero attached hydrogens (tertiary/aromatic N) is 2. The fourth-order valence-electron chi connectivity index (χ4n) is 2.74. The van der Waals surface area contributed by atoms with Crippen molar-refractivity contribution in [1.82, 2.24) is 4.98 Å². The number of benzene rings is 2. The van der Waals surface area contributed by atoms with Gasteiger partial charge in [0.2, 0.25) is 0 Å². The number of hydrogen-bond donors (Lipinski definition) is 0. The van der Waals surface area contributed by atoms with Gasteiger partial charge in [0, 0.05) is 23.3 Å². The Bertz CT molecular complexity index is 757. The SMILES string of the molecule is Cc1cccc(N(c2nccc3ccccc23)C(C)C)c1. The molecule has 0 saturated heterocycles. The Morgan fingerprint density at radius 1 is 0.952 bits per heavy atom. The number of pyridine rings is 1. The number of aromatic nitrogens is 1. The highest BCUT2D eigenvalue weighted by Gasteiger charge is 2.16. The van der Waals surface area contributed by atoms with Crippen LogP contribution in [0.2, 0.25) is 0 Å². The average molecular weight is 276 g/mol. The van der Waals surface area contributed by atoms with Crippen molar-refractivity contribution in [2.45, 2.75) is 26.8 Å². The quantitative estimate of drug-likeness (QED) is 0.662. The third-order valence-corrected chi connectivity index (χ3v) is 3.68. The molecule has 0 fully saturated rings. The maximum absolute atomic E-state index is 4.66. The van der Waals surface area contributed by atoms with Crippen molar-refractivity contribution in [2.24, 2.45) is 0 Å². The molecule has 0 aliphatic rings. The Labute approximate surface area is 126 Å². The first kappa shape index (κ1) is 13.6. The van der Waals surface area contributed by atoms with Crippen LogP contribution in [0.5, 0.6) is 0 Å². The molecule has 0 spiro atoms. The van der Waals surface area contributed by atoms with Gasteiger partial charge in [0.25, 0.3) is 0 Å². The van der Waals surface area contributed by atoms with Crippen LogP contribution in [-0.2, 0) is 0 Å². The normalized spacial score (nSPS) is 11.0. The lowest BCUT2D eigenvalue weighted by atomic mass is 10.1. The van der Waals surface area contributed by atoms with Crippen LogP contribution in [0, 0.1) is 6.92 Å². The molecule has 0 unspecified atom stereocenters. The number of fused-ring (bicyclic) bond motifs is 1. The summed E-state index contributed by atoms with van der Waals surface area (Å²) in [5, 5.41) is 2.41. The zero-order valence-corrected chi connectivity index (χ0v) is 12.7. The molecule has 2 heteroatoms. The van der Waals surface area contributed by atoms with E-state index in [2.05, 4.69) is 85.3 Å². The molecule has 1 aromatic heterocycles. The van der Waals surface area contributed by atoms with E-state index in [0.29, 0.717) is 6.04 Å². The summed E-state index contributed by atoms with van der Waals surface area (Å²) in [7, 11) is 0. The Kier molecular flexibility index (Phi) is 3.61. The Morgan fingerprint density at radius 2 is 1.76 bits per heavy atom. The molecule has 3 rings (SSSR count). The molecule has 21 heavy (non-hydrogen) atoms. The van der Waals surface area contributed by atoms with E-state index in [0.717, 1.165) is 5.82 Å². The van der Waals surface area contributed by atoms with Gasteiger partial charge in [0.05, 0.1) is 0 Å². The second-order valence-corrected chi connectivity index (χ2v) is 5.66. The lowest BCUT2D eigenvalue weighted by Gasteiger charge is -2.29. The minimum absolute atomic E-state index is 0.338. The number of anilines is 2. The first-order chi connectivity index (χ1) is 10.2. The molecule has 2 nitrogen and oxygen atoms in total. The van der Waals surface area contributed by atoms with E-state index in [-0.39, 0.29) is 0 Å². The van der Waals surface area contributed by atoms with Crippen LogP contribution < -0.4 is 4.90 Å². The third kappa shape index (κ3) is 2.62. The fraction of sp³-hybridized carbons (Fsp3) is 0.211. The van der Waals surface area contributed by atoms with Crippen molar-refractivity contribution in [2.75, 3.05) is 4.90 Å². The minimum atomic E-state index is 0.338. The summed E-state index contributed by atoms with van der Waals surface area (Å²) in [6.45, 7) is 6.52. The molecular formula is C19H20N2. The van der Waals surface area contributed by atoms with E-state index >= 15 is 0 Å². The predicted molar refractivity (Wildman–Crippen MR) is 90.2 cm³/mol. The zero-order chi connectivity index (χ0) is 14.8. The van der Waals surface area contributed by atoms with E-state index in [1.54, 1.807) is 0 Å². The molecule has 0 amide bonds. The van der Waals surface area contributed by atoms with Gasteiger partial charge in [-0.2, -0.15) is 0 Å². The van der Waals surface area contributed by atoms with Gasteiger partial charge < -0.3 is 4.90 Å². The van der Waals surface area contributed by atoms with E-state index in [1.165, 1.54) is 22.0 Å². The van der Waals surface area contributed by atoms with Crippen LogP contribution in [-0.4, -0.2) is 11.0 Å². The van der Waals surface area contributed by atoms with E-state index in [4.69, 9.17) is 0 Å². The van der Waals surface area contributed by atoms with Crippen LogP contribution in [0.1, 0.15) is 19.4 Å². The molecule has 0 bridgehead atoms. The van der Waals surface area contributed by atoms with E-state index < -0.39 is 0 Å². The molecular weight excluding hydrogens is 256 g/mol. The van der Waals surface area contributed by atoms with Crippen LogP contribution in [0.4, 0.5) is 11.5 Å². The van der Waals surface area contributed by atoms with E-state index in [1.807, 2.05) is 6.20 Å². The fourth-order valence-corrected chi connectivity index (χ4v) is 2.74. The van der Waals surface area contributed by atoms with Crippen LogP contribution in [0.15, 0.2) is 60.8 Å². The van der Waals surface area contributed by atoms with Gasteiger partial charge in [0.1, 0.15) is 5.82 Å². The van der Waals surface area contributed by atoms with Gasteiger partial charge in [0.15, 0.2) is 0 Å². The van der Waals surface area contributed by atoms with Crippen molar-refractivity contribution in [1.29, 1.82) is 0 Å². The highest BCUT2D eigenvalue weighted by atomic mass is 15.2. The van der Waals surface area contributed by atoms with Gasteiger partial charge in [-0.25, -0.2) is 4.98 Å². The van der Waals surface area contributed by atoms with Gasteiger partial charge in [-0.1, -0.05) is 36.4 Å². The molecule has 0 radical (unpaired) electrons. The summed E-state index contributed by atoms with van der Waals surface area (Å²) >= 11 is 0. The molecule has 1 heterocycles. The van der Waals surface area contributed by atoms with Gasteiger partial charge in [-0.05, 0) is 49.9 Å². The van der Waals surface area contributed by atoms with Crippen LogP contribution in [0.25, 0.3) is 10.8 Å². The molecule has 3 aromatic rings. The summed E-state index contributed by atoms with van der Waals surface area (Å²) < 4.78 is 0. The maximum Gasteiger partial charge on any atom is 0.141 e. The average Bonchev–Trinajstić information content (AvgIpc) is 2.47. The molecule has 0 atom stereocenters. The Morgan fingerprint density at radius 3 is 2.52 bits per heavy atom. The Balaban J connectivity index is 2.21. The van der Waals surface area contributed by atoms with Crippen LogP contribution in [0.3, 0.4) is 0 Å². The van der Waals surface area contributed by atoms with Gasteiger partial charge >= 0.3 is 0 Å². The standard InChI is InChI=1S/C19H20N2/c1-14(2)21(17-9-6-7-15(3)13-17)19-18-10-5-4-8-16(18)11-12-20-19/h4-14H,1-3H3. The van der Waals surface area contributed by atoms with Crippen LogP contribution >= 0.6 is 0 Å². The summed E-state index contributed by atoms with van der Waals surface area (Å²) in [4.78, 5) is 6.96. The highest BCUT2D eigenvalue weighted by molar-refractivity contribution is 5.94. The molecule has 0 N–H and O–H groups in total. The molecule has 106 valence electrons. The monoisotopic (exact) mass is 276 g/mol. The first-order valence-electron chi connectivity index (χ1n) is 7.36. The Hall–Kier alpha value is -2.35. The zero-order valence-electron chi connectivity index (χ0n) is 12.7. The van der Waals surface area contributed by atoms with Crippen molar-refractivity contribution in [3.63, 3.8) is 0 Å². The predicted octanol–water partition coefficient (Wildman–Crippen LogP) is 5.09. The number of rotatable bonds is 3. The smallest absolute Gasteiger partial charge is 0.141 e. The molecule has 0 saturated carbocycles. The second-order valence-electron chi connectivity index (χ2n) is 5.66. The highest BCUT2D eigenvalue weighted by Crippen LogP contribution is 2.32. The first-order valence-corrected chi connectivity index (χ1v) is 7.36.